The lowest BCUT2D eigenvalue weighted by molar-refractivity contribution is -0.385. The number of nitrogens with zero attached hydrogens (tertiary/aromatic N) is 1. The Bertz CT molecular complexity index is 781. The van der Waals surface area contributed by atoms with E-state index in [2.05, 4.69) is 5.32 Å². The van der Waals surface area contributed by atoms with Crippen molar-refractivity contribution >= 4 is 35.0 Å². The van der Waals surface area contributed by atoms with Crippen LogP contribution in [0.15, 0.2) is 36.4 Å². The van der Waals surface area contributed by atoms with Gasteiger partial charge in [0.1, 0.15) is 5.82 Å². The highest BCUT2D eigenvalue weighted by atomic mass is 35.5. The molecule has 132 valence electrons. The molecule has 1 amide bonds. The predicted molar refractivity (Wildman–Crippen MR) is 97.7 cm³/mol. The number of nitro benzene ring substituents is 1. The van der Waals surface area contributed by atoms with Crippen LogP contribution in [0.5, 0.6) is 0 Å². The number of carbonyl (C=O) groups is 1. The quantitative estimate of drug-likeness (QED) is 0.438. The maximum atomic E-state index is 13.6. The van der Waals surface area contributed by atoms with Crippen molar-refractivity contribution in [2.75, 3.05) is 12.3 Å². The molecule has 0 spiro atoms. The molecule has 2 rings (SSSR count). The Balaban J connectivity index is 1.81. The third-order valence-corrected chi connectivity index (χ3v) is 4.84. The second kappa shape index (κ2) is 8.82. The fourth-order valence-corrected chi connectivity index (χ4v) is 3.38. The van der Waals surface area contributed by atoms with Gasteiger partial charge < -0.3 is 5.32 Å². The van der Waals surface area contributed by atoms with Crippen molar-refractivity contribution in [3.63, 3.8) is 0 Å². The van der Waals surface area contributed by atoms with Gasteiger partial charge in [-0.25, -0.2) is 4.39 Å². The number of nitrogens with one attached hydrogen (secondary N) is 1. The number of thioether (sulfide) groups is 1. The molecule has 1 N–H and O–H groups in total. The molecule has 25 heavy (non-hydrogen) atoms. The van der Waals surface area contributed by atoms with Crippen LogP contribution in [0.1, 0.15) is 21.5 Å². The van der Waals surface area contributed by atoms with Crippen LogP contribution in [-0.4, -0.2) is 23.1 Å². The first kappa shape index (κ1) is 19.2. The summed E-state index contributed by atoms with van der Waals surface area (Å²) in [5.74, 6) is 0.355. The minimum atomic E-state index is -0.485. The van der Waals surface area contributed by atoms with Crippen molar-refractivity contribution in [2.45, 2.75) is 12.7 Å². The molecule has 0 aliphatic rings. The summed E-state index contributed by atoms with van der Waals surface area (Å²) in [7, 11) is 0. The largest absolute Gasteiger partial charge is 0.351 e. The number of aryl methyl sites for hydroxylation is 1. The van der Waals surface area contributed by atoms with Gasteiger partial charge >= 0.3 is 0 Å². The molecular formula is C17H16ClFN2O3S. The number of carbonyl (C=O) groups excluding carboxylic acids is 1. The van der Waals surface area contributed by atoms with Crippen LogP contribution in [-0.2, 0) is 5.75 Å². The zero-order chi connectivity index (χ0) is 18.4. The van der Waals surface area contributed by atoms with E-state index in [1.807, 2.05) is 0 Å². The van der Waals surface area contributed by atoms with E-state index >= 15 is 0 Å². The topological polar surface area (TPSA) is 72.2 Å². The molecule has 0 radical (unpaired) electrons. The van der Waals surface area contributed by atoms with E-state index in [1.54, 1.807) is 19.1 Å². The summed E-state index contributed by atoms with van der Waals surface area (Å²) in [6.07, 6.45) is 0. The van der Waals surface area contributed by atoms with Crippen molar-refractivity contribution in [3.8, 4) is 0 Å². The highest BCUT2D eigenvalue weighted by Crippen LogP contribution is 2.23. The molecule has 0 unspecified atom stereocenters. The second-order valence-corrected chi connectivity index (χ2v) is 6.78. The normalized spacial score (nSPS) is 10.5. The summed E-state index contributed by atoms with van der Waals surface area (Å²) < 4.78 is 13.6. The molecule has 0 aromatic heterocycles. The van der Waals surface area contributed by atoms with Crippen LogP contribution in [0.3, 0.4) is 0 Å². The third-order valence-electron chi connectivity index (χ3n) is 3.50. The Morgan fingerprint density at radius 3 is 2.76 bits per heavy atom. The van der Waals surface area contributed by atoms with Crippen molar-refractivity contribution in [3.05, 3.63) is 74.0 Å². The summed E-state index contributed by atoms with van der Waals surface area (Å²) in [4.78, 5) is 22.3. The Hall–Kier alpha value is -2.12. The zero-order valence-corrected chi connectivity index (χ0v) is 15.0. The molecule has 0 saturated heterocycles. The summed E-state index contributed by atoms with van der Waals surface area (Å²) in [5.41, 5.74) is 1.23. The van der Waals surface area contributed by atoms with E-state index in [0.717, 1.165) is 0 Å². The van der Waals surface area contributed by atoms with Crippen LogP contribution in [0.25, 0.3) is 0 Å². The van der Waals surface area contributed by atoms with Gasteiger partial charge in [0.2, 0.25) is 0 Å². The standard InChI is InChI=1S/C17H16ClFN2O3S/c1-11-9-12(5-6-16(11)21(23)24)17(22)20-7-8-25-10-13-14(18)3-2-4-15(13)19/h2-6,9H,7-8,10H2,1H3,(H,20,22). The average molecular weight is 383 g/mol. The predicted octanol–water partition coefficient (Wildman–Crippen LogP) is 4.36. The first-order valence-electron chi connectivity index (χ1n) is 7.44. The minimum Gasteiger partial charge on any atom is -0.351 e. The molecule has 5 nitrogen and oxygen atoms in total. The number of benzene rings is 2. The molecule has 0 aliphatic heterocycles. The van der Waals surface area contributed by atoms with Gasteiger partial charge in [-0.3, -0.25) is 14.9 Å². The van der Waals surface area contributed by atoms with Gasteiger partial charge in [0, 0.05) is 45.8 Å². The van der Waals surface area contributed by atoms with E-state index in [1.165, 1.54) is 36.0 Å². The van der Waals surface area contributed by atoms with Crippen LogP contribution < -0.4 is 5.32 Å². The average Bonchev–Trinajstić information content (AvgIpc) is 2.56. The van der Waals surface area contributed by atoms with E-state index in [0.29, 0.717) is 39.8 Å². The van der Waals surface area contributed by atoms with Gasteiger partial charge in [0.15, 0.2) is 0 Å². The highest BCUT2D eigenvalue weighted by Gasteiger charge is 2.13. The van der Waals surface area contributed by atoms with Gasteiger partial charge in [0.05, 0.1) is 4.92 Å². The van der Waals surface area contributed by atoms with Gasteiger partial charge in [0.25, 0.3) is 11.6 Å². The number of hydrogen-bond acceptors (Lipinski definition) is 4. The first-order valence-corrected chi connectivity index (χ1v) is 8.97. The first-order chi connectivity index (χ1) is 11.9. The van der Waals surface area contributed by atoms with Crippen molar-refractivity contribution in [1.82, 2.24) is 5.32 Å². The molecule has 0 aliphatic carbocycles. The van der Waals surface area contributed by atoms with Gasteiger partial charge in [-0.15, -0.1) is 0 Å². The van der Waals surface area contributed by atoms with E-state index in [9.17, 15) is 19.3 Å². The molecular weight excluding hydrogens is 367 g/mol. The Kier molecular flexibility index (Phi) is 6.78. The molecule has 0 bridgehead atoms. The van der Waals surface area contributed by atoms with Crippen LogP contribution in [0.4, 0.5) is 10.1 Å². The number of nitro groups is 1. The smallest absolute Gasteiger partial charge is 0.272 e. The van der Waals surface area contributed by atoms with Crippen molar-refractivity contribution < 1.29 is 14.1 Å². The number of hydrogen-bond donors (Lipinski definition) is 1. The lowest BCUT2D eigenvalue weighted by Gasteiger charge is -2.08. The van der Waals surface area contributed by atoms with Crippen LogP contribution >= 0.6 is 23.4 Å². The monoisotopic (exact) mass is 382 g/mol. The fraction of sp³-hybridized carbons (Fsp3) is 0.235. The Morgan fingerprint density at radius 1 is 1.36 bits per heavy atom. The summed E-state index contributed by atoms with van der Waals surface area (Å²) >= 11 is 7.40. The van der Waals surface area contributed by atoms with Crippen LogP contribution in [0.2, 0.25) is 5.02 Å². The van der Waals surface area contributed by atoms with Crippen molar-refractivity contribution in [1.29, 1.82) is 0 Å². The van der Waals surface area contributed by atoms with Gasteiger partial charge in [-0.2, -0.15) is 11.8 Å². The van der Waals surface area contributed by atoms with Gasteiger partial charge in [-0.05, 0) is 31.2 Å². The third kappa shape index (κ3) is 5.17. The van der Waals surface area contributed by atoms with Crippen molar-refractivity contribution in [2.24, 2.45) is 0 Å². The van der Waals surface area contributed by atoms with E-state index < -0.39 is 4.92 Å². The molecule has 0 saturated carbocycles. The number of halogens is 2. The van der Waals surface area contributed by atoms with E-state index in [-0.39, 0.29) is 17.4 Å². The molecule has 0 fully saturated rings. The second-order valence-electron chi connectivity index (χ2n) is 5.27. The Labute approximate surface area is 153 Å². The lowest BCUT2D eigenvalue weighted by atomic mass is 10.1. The fourth-order valence-electron chi connectivity index (χ4n) is 2.18. The van der Waals surface area contributed by atoms with E-state index in [4.69, 9.17) is 11.6 Å². The molecule has 2 aromatic rings. The molecule has 0 heterocycles. The number of rotatable bonds is 7. The molecule has 8 heteroatoms. The lowest BCUT2D eigenvalue weighted by Crippen LogP contribution is -2.25. The highest BCUT2D eigenvalue weighted by molar-refractivity contribution is 7.98. The maximum Gasteiger partial charge on any atom is 0.272 e. The van der Waals surface area contributed by atoms with Gasteiger partial charge in [-0.1, -0.05) is 17.7 Å². The zero-order valence-electron chi connectivity index (χ0n) is 13.4. The minimum absolute atomic E-state index is 0.0196. The summed E-state index contributed by atoms with van der Waals surface area (Å²) in [6, 6.07) is 8.78. The SMILES string of the molecule is Cc1cc(C(=O)NCCSCc2c(F)cccc2Cl)ccc1[N+](=O)[O-]. The maximum absolute atomic E-state index is 13.6. The summed E-state index contributed by atoms with van der Waals surface area (Å²) in [5, 5.41) is 13.9. The summed E-state index contributed by atoms with van der Waals surface area (Å²) in [6.45, 7) is 1.98. The Morgan fingerprint density at radius 2 is 2.12 bits per heavy atom. The number of amides is 1. The molecule has 0 atom stereocenters. The molecule has 2 aromatic carbocycles. The van der Waals surface area contributed by atoms with Crippen LogP contribution in [0, 0.1) is 22.9 Å².